The van der Waals surface area contributed by atoms with Crippen LogP contribution in [0.25, 0.3) is 10.2 Å². The van der Waals surface area contributed by atoms with Crippen molar-refractivity contribution in [3.63, 3.8) is 0 Å². The van der Waals surface area contributed by atoms with Gasteiger partial charge in [0.25, 0.3) is 5.91 Å². The summed E-state index contributed by atoms with van der Waals surface area (Å²) in [7, 11) is 1.65. The van der Waals surface area contributed by atoms with E-state index >= 15 is 0 Å². The first-order chi connectivity index (χ1) is 15.4. The predicted octanol–water partition coefficient (Wildman–Crippen LogP) is 4.90. The standard InChI is InChI=1S/C24H28BrN3O3S/c1-15(2)26-23(29)17-8-10-27(11-9-17)24(30)20-12-21-19(13-22(25)32-21)28(20)14-16-4-6-18(31-3)7-5-16/h4-7,12-13,15,17H,8-11,14H2,1-3H3,(H,26,29). The van der Waals surface area contributed by atoms with Gasteiger partial charge in [0.05, 0.1) is 21.1 Å². The van der Waals surface area contributed by atoms with E-state index in [9.17, 15) is 9.59 Å². The van der Waals surface area contributed by atoms with Gasteiger partial charge in [-0.05, 0) is 72.4 Å². The number of amides is 2. The summed E-state index contributed by atoms with van der Waals surface area (Å²) in [5.74, 6) is 0.915. The number of benzene rings is 1. The SMILES string of the molecule is COc1ccc(Cn2c(C(=O)N3CCC(C(=O)NC(C)C)CC3)cc3sc(Br)cc32)cc1. The molecule has 0 radical (unpaired) electrons. The zero-order chi connectivity index (χ0) is 22.8. The average molecular weight is 518 g/mol. The van der Waals surface area contributed by atoms with Gasteiger partial charge in [0.2, 0.25) is 5.91 Å². The van der Waals surface area contributed by atoms with Crippen LogP contribution in [0.2, 0.25) is 0 Å². The summed E-state index contributed by atoms with van der Waals surface area (Å²) in [6, 6.07) is 12.1. The number of nitrogens with one attached hydrogen (secondary N) is 1. The molecule has 3 aromatic rings. The van der Waals surface area contributed by atoms with Crippen molar-refractivity contribution in [3.05, 3.63) is 51.4 Å². The number of carbonyl (C=O) groups is 2. The Balaban J connectivity index is 1.54. The van der Waals surface area contributed by atoms with Crippen LogP contribution < -0.4 is 10.1 Å². The molecule has 3 heterocycles. The number of rotatable bonds is 6. The summed E-state index contributed by atoms with van der Waals surface area (Å²) in [5, 5.41) is 2.99. The van der Waals surface area contributed by atoms with Gasteiger partial charge in [0.1, 0.15) is 11.4 Å². The molecule has 1 fully saturated rings. The lowest BCUT2D eigenvalue weighted by Crippen LogP contribution is -2.44. The minimum Gasteiger partial charge on any atom is -0.497 e. The van der Waals surface area contributed by atoms with Gasteiger partial charge in [-0.15, -0.1) is 11.3 Å². The Labute approximate surface area is 200 Å². The first kappa shape index (κ1) is 22.9. The normalized spacial score (nSPS) is 14.8. The van der Waals surface area contributed by atoms with E-state index in [0.717, 1.165) is 25.3 Å². The minimum absolute atomic E-state index is 0.0213. The number of thiophene rings is 1. The molecule has 0 atom stereocenters. The molecule has 0 bridgehead atoms. The van der Waals surface area contributed by atoms with Gasteiger partial charge in [-0.3, -0.25) is 9.59 Å². The smallest absolute Gasteiger partial charge is 0.270 e. The largest absolute Gasteiger partial charge is 0.497 e. The number of methoxy groups -OCH3 is 1. The maximum absolute atomic E-state index is 13.5. The monoisotopic (exact) mass is 517 g/mol. The summed E-state index contributed by atoms with van der Waals surface area (Å²) in [6.07, 6.45) is 1.40. The number of carbonyl (C=O) groups excluding carboxylic acids is 2. The first-order valence-corrected chi connectivity index (χ1v) is 12.5. The molecule has 32 heavy (non-hydrogen) atoms. The van der Waals surface area contributed by atoms with Gasteiger partial charge in [-0.2, -0.15) is 0 Å². The molecule has 0 unspecified atom stereocenters. The van der Waals surface area contributed by atoms with Gasteiger partial charge in [0.15, 0.2) is 0 Å². The lowest BCUT2D eigenvalue weighted by Gasteiger charge is -2.32. The Morgan fingerprint density at radius 2 is 1.88 bits per heavy atom. The number of likely N-dealkylation sites (tertiary alicyclic amines) is 1. The number of hydrogen-bond acceptors (Lipinski definition) is 4. The second kappa shape index (κ2) is 9.67. The topological polar surface area (TPSA) is 63.6 Å². The maximum Gasteiger partial charge on any atom is 0.270 e. The Morgan fingerprint density at radius 1 is 1.19 bits per heavy atom. The molecular weight excluding hydrogens is 490 g/mol. The molecular formula is C24H28BrN3O3S. The maximum atomic E-state index is 13.5. The molecule has 2 amide bonds. The van der Waals surface area contributed by atoms with Crippen molar-refractivity contribution in [2.75, 3.05) is 20.2 Å². The van der Waals surface area contributed by atoms with Gasteiger partial charge in [-0.1, -0.05) is 12.1 Å². The van der Waals surface area contributed by atoms with Gasteiger partial charge in [-0.25, -0.2) is 0 Å². The molecule has 8 heteroatoms. The second-order valence-electron chi connectivity index (χ2n) is 8.49. The van der Waals surface area contributed by atoms with Crippen LogP contribution >= 0.6 is 27.3 Å². The summed E-state index contributed by atoms with van der Waals surface area (Å²) in [6.45, 7) is 5.74. The third-order valence-electron chi connectivity index (χ3n) is 5.86. The van der Waals surface area contributed by atoms with Gasteiger partial charge in [0, 0.05) is 31.6 Å². The predicted molar refractivity (Wildman–Crippen MR) is 132 cm³/mol. The number of halogens is 1. The Kier molecular flexibility index (Phi) is 6.90. The molecule has 1 aromatic carbocycles. The Morgan fingerprint density at radius 3 is 2.50 bits per heavy atom. The van der Waals surface area contributed by atoms with Crippen molar-refractivity contribution >= 4 is 49.3 Å². The van der Waals surface area contributed by atoms with Crippen molar-refractivity contribution in [2.45, 2.75) is 39.3 Å². The molecule has 0 aliphatic carbocycles. The number of hydrogen-bond donors (Lipinski definition) is 1. The molecule has 170 valence electrons. The molecule has 0 spiro atoms. The minimum atomic E-state index is -0.0213. The highest BCUT2D eigenvalue weighted by Crippen LogP contribution is 2.34. The van der Waals surface area contributed by atoms with E-state index in [1.165, 1.54) is 0 Å². The molecule has 1 N–H and O–H groups in total. The number of nitrogens with zero attached hydrogens (tertiary/aromatic N) is 2. The van der Waals surface area contributed by atoms with E-state index in [0.29, 0.717) is 38.2 Å². The van der Waals surface area contributed by atoms with Crippen LogP contribution in [-0.2, 0) is 11.3 Å². The lowest BCUT2D eigenvalue weighted by molar-refractivity contribution is -0.126. The summed E-state index contributed by atoms with van der Waals surface area (Å²) in [4.78, 5) is 27.7. The van der Waals surface area contributed by atoms with Crippen molar-refractivity contribution in [1.29, 1.82) is 0 Å². The fraction of sp³-hybridized carbons (Fsp3) is 0.417. The molecule has 6 nitrogen and oxygen atoms in total. The molecule has 4 rings (SSSR count). The molecule has 0 saturated carbocycles. The number of aromatic nitrogens is 1. The molecule has 1 aliphatic rings. The number of ether oxygens (including phenoxy) is 1. The molecule has 2 aromatic heterocycles. The second-order valence-corrected chi connectivity index (χ2v) is 11.0. The summed E-state index contributed by atoms with van der Waals surface area (Å²) >= 11 is 5.20. The zero-order valence-corrected chi connectivity index (χ0v) is 21.0. The van der Waals surface area contributed by atoms with Crippen LogP contribution in [0.3, 0.4) is 0 Å². The van der Waals surface area contributed by atoms with Crippen LogP contribution in [-0.4, -0.2) is 47.5 Å². The van der Waals surface area contributed by atoms with Crippen molar-refractivity contribution in [1.82, 2.24) is 14.8 Å². The van der Waals surface area contributed by atoms with Crippen LogP contribution in [0.15, 0.2) is 40.2 Å². The third kappa shape index (κ3) is 4.86. The first-order valence-electron chi connectivity index (χ1n) is 10.9. The van der Waals surface area contributed by atoms with Crippen molar-refractivity contribution in [2.24, 2.45) is 5.92 Å². The third-order valence-corrected chi connectivity index (χ3v) is 7.44. The van der Waals surface area contributed by atoms with Crippen LogP contribution in [0, 0.1) is 5.92 Å². The molecule has 1 aliphatic heterocycles. The van der Waals surface area contributed by atoms with Crippen LogP contribution in [0.5, 0.6) is 5.75 Å². The van der Waals surface area contributed by atoms with Crippen LogP contribution in [0.4, 0.5) is 0 Å². The highest BCUT2D eigenvalue weighted by Gasteiger charge is 2.30. The Hall–Kier alpha value is -2.32. The Bertz CT molecular complexity index is 1110. The summed E-state index contributed by atoms with van der Waals surface area (Å²) < 4.78 is 9.49. The van der Waals surface area contributed by atoms with Crippen LogP contribution in [0.1, 0.15) is 42.7 Å². The van der Waals surface area contributed by atoms with E-state index in [4.69, 9.17) is 4.74 Å². The number of piperidine rings is 1. The van der Waals surface area contributed by atoms with Gasteiger partial charge >= 0.3 is 0 Å². The quantitative estimate of drug-likeness (QED) is 0.505. The van der Waals surface area contributed by atoms with E-state index < -0.39 is 0 Å². The highest BCUT2D eigenvalue weighted by atomic mass is 79.9. The zero-order valence-electron chi connectivity index (χ0n) is 18.6. The fourth-order valence-corrected chi connectivity index (χ4v) is 5.75. The average Bonchev–Trinajstić information content (AvgIpc) is 3.30. The van der Waals surface area contributed by atoms with Crippen molar-refractivity contribution in [3.8, 4) is 5.75 Å². The fourth-order valence-electron chi connectivity index (χ4n) is 4.18. The molecule has 1 saturated heterocycles. The highest BCUT2D eigenvalue weighted by molar-refractivity contribution is 9.11. The van der Waals surface area contributed by atoms with E-state index in [1.54, 1.807) is 18.4 Å². The van der Waals surface area contributed by atoms with E-state index in [2.05, 4.69) is 31.9 Å². The summed E-state index contributed by atoms with van der Waals surface area (Å²) in [5.41, 5.74) is 2.84. The van der Waals surface area contributed by atoms with E-state index in [-0.39, 0.29) is 23.8 Å². The number of fused-ring (bicyclic) bond motifs is 1. The van der Waals surface area contributed by atoms with E-state index in [1.807, 2.05) is 49.1 Å². The van der Waals surface area contributed by atoms with Crippen molar-refractivity contribution < 1.29 is 14.3 Å². The van der Waals surface area contributed by atoms with Gasteiger partial charge < -0.3 is 19.5 Å². The lowest BCUT2D eigenvalue weighted by atomic mass is 9.95.